The van der Waals surface area contributed by atoms with Gasteiger partial charge in [0.25, 0.3) is 5.69 Å². The highest BCUT2D eigenvalue weighted by molar-refractivity contribution is 7.89. The third kappa shape index (κ3) is 4.05. The van der Waals surface area contributed by atoms with E-state index in [0.717, 1.165) is 19.3 Å². The Morgan fingerprint density at radius 3 is 2.54 bits per heavy atom. The van der Waals surface area contributed by atoms with Crippen molar-refractivity contribution in [2.45, 2.75) is 30.2 Å². The molecule has 2 aliphatic rings. The summed E-state index contributed by atoms with van der Waals surface area (Å²) in [7, 11) is -1.79. The number of likely N-dealkylation sites (N-methyl/N-ethyl adjacent to an activating group) is 1. The second-order valence-corrected chi connectivity index (χ2v) is 8.71. The van der Waals surface area contributed by atoms with Crippen molar-refractivity contribution in [3.63, 3.8) is 0 Å². The summed E-state index contributed by atoms with van der Waals surface area (Å²) in [5, 5.41) is 14.7. The molecule has 3 rings (SSSR count). The zero-order chi connectivity index (χ0) is 18.7. The highest BCUT2D eigenvalue weighted by Gasteiger charge is 2.30. The third-order valence-corrected chi connectivity index (χ3v) is 6.79. The number of sulfonamides is 1. The Morgan fingerprint density at radius 2 is 1.92 bits per heavy atom. The summed E-state index contributed by atoms with van der Waals surface area (Å²) < 4.78 is 27.0. The lowest BCUT2D eigenvalue weighted by atomic mass is 10.0. The molecule has 0 bridgehead atoms. The van der Waals surface area contributed by atoms with Gasteiger partial charge in [-0.2, -0.15) is 4.31 Å². The predicted octanol–water partition coefficient (Wildman–Crippen LogP) is 2.05. The minimum absolute atomic E-state index is 0.0251. The summed E-state index contributed by atoms with van der Waals surface area (Å²) >= 11 is 0. The van der Waals surface area contributed by atoms with Gasteiger partial charge in [0, 0.05) is 38.3 Å². The first-order valence-corrected chi connectivity index (χ1v) is 10.2. The van der Waals surface area contributed by atoms with Crippen molar-refractivity contribution in [2.24, 2.45) is 0 Å². The fraction of sp³-hybridized carbons (Fsp3) is 0.529. The lowest BCUT2D eigenvalue weighted by molar-refractivity contribution is -0.384. The molecular formula is C17H24N4O4S. The van der Waals surface area contributed by atoms with Crippen LogP contribution in [0.5, 0.6) is 0 Å². The van der Waals surface area contributed by atoms with Crippen molar-refractivity contribution in [1.82, 2.24) is 9.21 Å². The van der Waals surface area contributed by atoms with Gasteiger partial charge in [0.05, 0.1) is 9.82 Å². The van der Waals surface area contributed by atoms with Gasteiger partial charge in [-0.1, -0.05) is 12.2 Å². The molecule has 1 fully saturated rings. The number of nitrogens with zero attached hydrogens (tertiary/aromatic N) is 3. The van der Waals surface area contributed by atoms with Crippen LogP contribution in [-0.4, -0.2) is 61.8 Å². The summed E-state index contributed by atoms with van der Waals surface area (Å²) in [5.41, 5.74) is 0.169. The minimum Gasteiger partial charge on any atom is -0.376 e. The Morgan fingerprint density at radius 1 is 1.19 bits per heavy atom. The molecule has 8 nitrogen and oxygen atoms in total. The van der Waals surface area contributed by atoms with Gasteiger partial charge in [0.2, 0.25) is 10.0 Å². The molecule has 1 saturated heterocycles. The highest BCUT2D eigenvalue weighted by Crippen LogP contribution is 2.31. The van der Waals surface area contributed by atoms with Crippen LogP contribution in [-0.2, 0) is 10.0 Å². The van der Waals surface area contributed by atoms with E-state index in [1.807, 2.05) is 7.05 Å². The van der Waals surface area contributed by atoms with Crippen LogP contribution in [0.4, 0.5) is 11.4 Å². The van der Waals surface area contributed by atoms with E-state index in [-0.39, 0.29) is 16.6 Å². The molecule has 1 unspecified atom stereocenters. The maximum atomic E-state index is 12.8. The number of hydrogen-bond acceptors (Lipinski definition) is 6. The van der Waals surface area contributed by atoms with E-state index < -0.39 is 14.9 Å². The molecule has 1 aromatic carbocycles. The molecule has 1 aliphatic carbocycles. The molecule has 1 atom stereocenters. The van der Waals surface area contributed by atoms with Crippen molar-refractivity contribution in [3.05, 3.63) is 40.5 Å². The zero-order valence-corrected chi connectivity index (χ0v) is 15.6. The number of nitrogens with one attached hydrogen (secondary N) is 1. The largest absolute Gasteiger partial charge is 0.376 e. The first kappa shape index (κ1) is 18.8. The SMILES string of the molecule is CN1CCN(S(=O)(=O)c2ccc(NC3CC=CCC3)c([N+](=O)[O-])c2)CC1. The van der Waals surface area contributed by atoms with Gasteiger partial charge < -0.3 is 10.2 Å². The smallest absolute Gasteiger partial charge is 0.293 e. The van der Waals surface area contributed by atoms with Crippen LogP contribution in [0, 0.1) is 10.1 Å². The lowest BCUT2D eigenvalue weighted by Gasteiger charge is -2.31. The summed E-state index contributed by atoms with van der Waals surface area (Å²) in [5.74, 6) is 0. The monoisotopic (exact) mass is 380 g/mol. The van der Waals surface area contributed by atoms with Crippen LogP contribution in [0.3, 0.4) is 0 Å². The van der Waals surface area contributed by atoms with Crippen LogP contribution in [0.1, 0.15) is 19.3 Å². The number of hydrogen-bond donors (Lipinski definition) is 1. The van der Waals surface area contributed by atoms with E-state index in [1.54, 1.807) is 0 Å². The normalized spacial score (nSPS) is 22.3. The number of anilines is 1. The molecule has 1 N–H and O–H groups in total. The quantitative estimate of drug-likeness (QED) is 0.477. The maximum absolute atomic E-state index is 12.8. The predicted molar refractivity (Wildman–Crippen MR) is 99.8 cm³/mol. The summed E-state index contributed by atoms with van der Waals surface area (Å²) in [6.45, 7) is 2.08. The van der Waals surface area contributed by atoms with Gasteiger partial charge in [-0.15, -0.1) is 0 Å². The van der Waals surface area contributed by atoms with E-state index in [2.05, 4.69) is 22.4 Å². The molecule has 1 aliphatic heterocycles. The van der Waals surface area contributed by atoms with Gasteiger partial charge in [-0.05, 0) is 38.4 Å². The van der Waals surface area contributed by atoms with Crippen LogP contribution in [0.25, 0.3) is 0 Å². The standard InChI is InChI=1S/C17H24N4O4S/c1-19-9-11-20(12-10-19)26(24,25)15-7-8-16(17(13-15)21(22)23)18-14-5-3-2-4-6-14/h2-3,7-8,13-14,18H,4-6,9-12H2,1H3. The molecule has 0 spiro atoms. The number of allylic oxidation sites excluding steroid dienone is 1. The van der Waals surface area contributed by atoms with Gasteiger partial charge in [0.15, 0.2) is 0 Å². The molecule has 1 aromatic rings. The molecule has 0 aromatic heterocycles. The van der Waals surface area contributed by atoms with Crippen LogP contribution in [0.2, 0.25) is 0 Å². The Labute approximate surface area is 153 Å². The van der Waals surface area contributed by atoms with Crippen LogP contribution in [0.15, 0.2) is 35.2 Å². The van der Waals surface area contributed by atoms with Crippen molar-refractivity contribution in [2.75, 3.05) is 38.5 Å². The van der Waals surface area contributed by atoms with Crippen molar-refractivity contribution in [3.8, 4) is 0 Å². The molecule has 9 heteroatoms. The maximum Gasteiger partial charge on any atom is 0.293 e. The topological polar surface area (TPSA) is 95.8 Å². The lowest BCUT2D eigenvalue weighted by Crippen LogP contribution is -2.47. The number of rotatable bonds is 5. The summed E-state index contributed by atoms with van der Waals surface area (Å²) in [6.07, 6.45) is 6.78. The van der Waals surface area contributed by atoms with E-state index in [1.165, 1.54) is 22.5 Å². The molecular weight excluding hydrogens is 356 g/mol. The molecule has 1 heterocycles. The Kier molecular flexibility index (Phi) is 5.59. The van der Waals surface area contributed by atoms with Gasteiger partial charge in [-0.25, -0.2) is 8.42 Å². The second kappa shape index (κ2) is 7.73. The zero-order valence-electron chi connectivity index (χ0n) is 14.8. The summed E-state index contributed by atoms with van der Waals surface area (Å²) in [4.78, 5) is 13.0. The average Bonchev–Trinajstić information content (AvgIpc) is 2.63. The van der Waals surface area contributed by atoms with Crippen LogP contribution >= 0.6 is 0 Å². The van der Waals surface area contributed by atoms with E-state index in [9.17, 15) is 18.5 Å². The third-order valence-electron chi connectivity index (χ3n) is 4.89. The Balaban J connectivity index is 1.85. The first-order valence-electron chi connectivity index (χ1n) is 8.76. The fourth-order valence-electron chi connectivity index (χ4n) is 3.27. The van der Waals surface area contributed by atoms with Crippen molar-refractivity contribution in [1.29, 1.82) is 0 Å². The molecule has 142 valence electrons. The van der Waals surface area contributed by atoms with E-state index >= 15 is 0 Å². The van der Waals surface area contributed by atoms with E-state index in [4.69, 9.17) is 0 Å². The average molecular weight is 380 g/mol. The highest BCUT2D eigenvalue weighted by atomic mass is 32.2. The first-order chi connectivity index (χ1) is 12.4. The summed E-state index contributed by atoms with van der Waals surface area (Å²) in [6, 6.07) is 4.27. The molecule has 0 amide bonds. The number of nitro groups is 1. The fourth-order valence-corrected chi connectivity index (χ4v) is 4.71. The van der Waals surface area contributed by atoms with Crippen molar-refractivity contribution >= 4 is 21.4 Å². The molecule has 26 heavy (non-hydrogen) atoms. The molecule has 0 radical (unpaired) electrons. The second-order valence-electron chi connectivity index (χ2n) is 6.77. The number of benzene rings is 1. The van der Waals surface area contributed by atoms with Crippen molar-refractivity contribution < 1.29 is 13.3 Å². The Hall–Kier alpha value is -1.97. The minimum atomic E-state index is -3.73. The van der Waals surface area contributed by atoms with Crippen LogP contribution < -0.4 is 5.32 Å². The van der Waals surface area contributed by atoms with E-state index in [0.29, 0.717) is 31.9 Å². The van der Waals surface area contributed by atoms with Gasteiger partial charge in [-0.3, -0.25) is 10.1 Å². The van der Waals surface area contributed by atoms with Gasteiger partial charge >= 0.3 is 0 Å². The number of piperazine rings is 1. The molecule has 0 saturated carbocycles. The Bertz CT molecular complexity index is 801. The number of nitro benzene ring substituents is 1. The van der Waals surface area contributed by atoms with Gasteiger partial charge in [0.1, 0.15) is 5.69 Å².